The van der Waals surface area contributed by atoms with E-state index in [-0.39, 0.29) is 5.60 Å². The number of nitrogen functional groups attached to an aromatic ring is 1. The molecule has 3 rings (SSSR count). The van der Waals surface area contributed by atoms with E-state index in [4.69, 9.17) is 15.2 Å². The quantitative estimate of drug-likeness (QED) is 0.840. The van der Waals surface area contributed by atoms with Crippen LogP contribution in [-0.2, 0) is 13.0 Å². The molecule has 0 bridgehead atoms. The summed E-state index contributed by atoms with van der Waals surface area (Å²) in [5, 5.41) is 0. The Hall–Kier alpha value is -1.68. The molecule has 2 aromatic carbocycles. The molecule has 4 heteroatoms. The molecular formula is C17H18BrNO2. The third kappa shape index (κ3) is 2.86. The van der Waals surface area contributed by atoms with Crippen molar-refractivity contribution in [2.75, 3.05) is 5.73 Å². The molecule has 21 heavy (non-hydrogen) atoms. The maximum Gasteiger partial charge on any atom is 0.165 e. The number of rotatable bonds is 3. The molecule has 0 unspecified atom stereocenters. The fraction of sp³-hybridized carbons (Fsp3) is 0.294. The lowest BCUT2D eigenvalue weighted by Crippen LogP contribution is -2.24. The van der Waals surface area contributed by atoms with E-state index in [1.54, 1.807) is 0 Å². The molecule has 3 nitrogen and oxygen atoms in total. The van der Waals surface area contributed by atoms with Gasteiger partial charge in [0.2, 0.25) is 0 Å². The summed E-state index contributed by atoms with van der Waals surface area (Å²) in [5.41, 5.74) is 8.65. The minimum atomic E-state index is -0.167. The van der Waals surface area contributed by atoms with Crippen molar-refractivity contribution >= 4 is 21.6 Å². The first kappa shape index (κ1) is 14.3. The Morgan fingerprint density at radius 1 is 1.24 bits per heavy atom. The van der Waals surface area contributed by atoms with Gasteiger partial charge in [0.1, 0.15) is 12.2 Å². The second-order valence-electron chi connectivity index (χ2n) is 5.89. The van der Waals surface area contributed by atoms with Crippen molar-refractivity contribution in [3.05, 3.63) is 52.0 Å². The molecule has 2 N–H and O–H groups in total. The third-order valence-electron chi connectivity index (χ3n) is 3.55. The first-order valence-corrected chi connectivity index (χ1v) is 7.72. The number of para-hydroxylation sites is 1. The van der Waals surface area contributed by atoms with Crippen molar-refractivity contribution < 1.29 is 9.47 Å². The van der Waals surface area contributed by atoms with Crippen LogP contribution in [0.25, 0.3) is 0 Å². The van der Waals surface area contributed by atoms with Gasteiger partial charge in [0.25, 0.3) is 0 Å². The van der Waals surface area contributed by atoms with Gasteiger partial charge in [-0.3, -0.25) is 0 Å². The molecule has 0 fully saturated rings. The van der Waals surface area contributed by atoms with Crippen LogP contribution in [-0.4, -0.2) is 5.60 Å². The van der Waals surface area contributed by atoms with Gasteiger partial charge < -0.3 is 15.2 Å². The highest BCUT2D eigenvalue weighted by Crippen LogP contribution is 2.42. The summed E-state index contributed by atoms with van der Waals surface area (Å²) in [5.74, 6) is 1.65. The minimum absolute atomic E-state index is 0.167. The summed E-state index contributed by atoms with van der Waals surface area (Å²) in [7, 11) is 0. The van der Waals surface area contributed by atoms with E-state index in [1.165, 1.54) is 5.56 Å². The van der Waals surface area contributed by atoms with E-state index in [0.717, 1.165) is 28.0 Å². The Balaban J connectivity index is 1.82. The summed E-state index contributed by atoms with van der Waals surface area (Å²) < 4.78 is 12.8. The van der Waals surface area contributed by atoms with Crippen LogP contribution in [0.1, 0.15) is 25.0 Å². The van der Waals surface area contributed by atoms with Crippen molar-refractivity contribution in [2.24, 2.45) is 0 Å². The van der Waals surface area contributed by atoms with E-state index in [1.807, 2.05) is 30.3 Å². The van der Waals surface area contributed by atoms with Gasteiger partial charge in [0.15, 0.2) is 11.5 Å². The molecule has 0 radical (unpaired) electrons. The number of fused-ring (bicyclic) bond motifs is 1. The number of anilines is 1. The van der Waals surface area contributed by atoms with Crippen LogP contribution in [0.3, 0.4) is 0 Å². The normalized spacial score (nSPS) is 15.4. The predicted molar refractivity (Wildman–Crippen MR) is 87.7 cm³/mol. The average molecular weight is 348 g/mol. The summed E-state index contributed by atoms with van der Waals surface area (Å²) in [6, 6.07) is 11.8. The topological polar surface area (TPSA) is 44.5 Å². The fourth-order valence-corrected chi connectivity index (χ4v) is 2.95. The van der Waals surface area contributed by atoms with Crippen LogP contribution >= 0.6 is 15.9 Å². The monoisotopic (exact) mass is 347 g/mol. The van der Waals surface area contributed by atoms with Gasteiger partial charge >= 0.3 is 0 Å². The zero-order chi connectivity index (χ0) is 15.0. The van der Waals surface area contributed by atoms with Crippen LogP contribution < -0.4 is 15.2 Å². The van der Waals surface area contributed by atoms with Crippen molar-refractivity contribution in [3.8, 4) is 11.5 Å². The van der Waals surface area contributed by atoms with Gasteiger partial charge in [-0.1, -0.05) is 24.3 Å². The average Bonchev–Trinajstić information content (AvgIpc) is 2.75. The van der Waals surface area contributed by atoms with E-state index >= 15 is 0 Å². The lowest BCUT2D eigenvalue weighted by Gasteiger charge is -2.18. The van der Waals surface area contributed by atoms with Crippen molar-refractivity contribution in [3.63, 3.8) is 0 Å². The molecule has 0 saturated heterocycles. The summed E-state index contributed by atoms with van der Waals surface area (Å²) in [6.07, 6.45) is 0.904. The zero-order valence-electron chi connectivity index (χ0n) is 12.2. The number of hydrogen-bond donors (Lipinski definition) is 1. The second kappa shape index (κ2) is 5.26. The lowest BCUT2D eigenvalue weighted by molar-refractivity contribution is 0.131. The van der Waals surface area contributed by atoms with Crippen molar-refractivity contribution in [1.82, 2.24) is 0 Å². The third-order valence-corrected chi connectivity index (χ3v) is 4.51. The van der Waals surface area contributed by atoms with Crippen LogP contribution in [0.5, 0.6) is 11.5 Å². The van der Waals surface area contributed by atoms with E-state index in [2.05, 4.69) is 35.8 Å². The van der Waals surface area contributed by atoms with Gasteiger partial charge in [-0.15, -0.1) is 0 Å². The lowest BCUT2D eigenvalue weighted by atomic mass is 10.0. The highest BCUT2D eigenvalue weighted by molar-refractivity contribution is 9.10. The molecule has 0 aromatic heterocycles. The number of ether oxygens (including phenoxy) is 2. The molecule has 0 atom stereocenters. The van der Waals surface area contributed by atoms with Crippen LogP contribution in [0.4, 0.5) is 5.69 Å². The van der Waals surface area contributed by atoms with Gasteiger partial charge in [0.05, 0.1) is 0 Å². The minimum Gasteiger partial charge on any atom is -0.485 e. The molecule has 1 aliphatic heterocycles. The molecule has 0 amide bonds. The van der Waals surface area contributed by atoms with Gasteiger partial charge in [-0.2, -0.15) is 0 Å². The molecule has 0 spiro atoms. The first-order valence-electron chi connectivity index (χ1n) is 6.93. The van der Waals surface area contributed by atoms with Gasteiger partial charge in [-0.05, 0) is 41.9 Å². The van der Waals surface area contributed by atoms with Crippen molar-refractivity contribution in [2.45, 2.75) is 32.5 Å². The SMILES string of the molecule is CC1(C)Cc2cccc(OCc3cccc(N)c3Br)c2O1. The van der Waals surface area contributed by atoms with E-state index in [0.29, 0.717) is 12.3 Å². The highest BCUT2D eigenvalue weighted by Gasteiger charge is 2.32. The van der Waals surface area contributed by atoms with Crippen LogP contribution in [0, 0.1) is 0 Å². The number of benzene rings is 2. The Labute approximate surface area is 133 Å². The second-order valence-corrected chi connectivity index (χ2v) is 6.68. The Morgan fingerprint density at radius 2 is 2.00 bits per heavy atom. The van der Waals surface area contributed by atoms with Crippen LogP contribution in [0.2, 0.25) is 0 Å². The summed E-state index contributed by atoms with van der Waals surface area (Å²) in [4.78, 5) is 0. The predicted octanol–water partition coefficient (Wildman–Crippen LogP) is 4.32. The standard InChI is InChI=1S/C17H18BrNO2/c1-17(2)9-11-5-4-8-14(16(11)21-17)20-10-12-6-3-7-13(19)15(12)18/h3-8H,9-10,19H2,1-2H3. The smallest absolute Gasteiger partial charge is 0.165 e. The maximum atomic E-state index is 6.01. The molecule has 0 aliphatic carbocycles. The number of hydrogen-bond acceptors (Lipinski definition) is 3. The number of nitrogens with two attached hydrogens (primary N) is 1. The Kier molecular flexibility index (Phi) is 3.57. The van der Waals surface area contributed by atoms with Crippen LogP contribution in [0.15, 0.2) is 40.9 Å². The van der Waals surface area contributed by atoms with E-state index < -0.39 is 0 Å². The molecular weight excluding hydrogens is 330 g/mol. The first-order chi connectivity index (χ1) is 9.96. The van der Waals surface area contributed by atoms with Crippen molar-refractivity contribution in [1.29, 1.82) is 0 Å². The summed E-state index contributed by atoms with van der Waals surface area (Å²) >= 11 is 3.50. The molecule has 2 aromatic rings. The molecule has 1 aliphatic rings. The zero-order valence-corrected chi connectivity index (χ0v) is 13.7. The maximum absolute atomic E-state index is 6.01. The van der Waals surface area contributed by atoms with Gasteiger partial charge in [0, 0.05) is 27.7 Å². The summed E-state index contributed by atoms with van der Waals surface area (Å²) in [6.45, 7) is 4.63. The molecule has 110 valence electrons. The Morgan fingerprint density at radius 3 is 2.81 bits per heavy atom. The highest BCUT2D eigenvalue weighted by atomic mass is 79.9. The Bertz CT molecular complexity index is 682. The number of halogens is 1. The molecule has 0 saturated carbocycles. The largest absolute Gasteiger partial charge is 0.485 e. The fourth-order valence-electron chi connectivity index (χ4n) is 2.57. The molecule has 1 heterocycles. The van der Waals surface area contributed by atoms with E-state index in [9.17, 15) is 0 Å². The van der Waals surface area contributed by atoms with Gasteiger partial charge in [-0.25, -0.2) is 0 Å².